The first-order chi connectivity index (χ1) is 10.7. The van der Waals surface area contributed by atoms with Gasteiger partial charge in [0.1, 0.15) is 0 Å². The minimum atomic E-state index is -0.455. The number of nitro benzene ring substituents is 1. The van der Waals surface area contributed by atoms with Crippen molar-refractivity contribution in [2.45, 2.75) is 6.54 Å². The van der Waals surface area contributed by atoms with Crippen LogP contribution in [0.2, 0.25) is 0 Å². The first-order valence-corrected chi connectivity index (χ1v) is 6.51. The number of hydrogen-bond donors (Lipinski definition) is 1. The molecule has 0 radical (unpaired) electrons. The standard InChI is InChI=1S/C14H12N6O2/c15-9-10-4-6-11(7-5-10)14-16-17-18-19(14)12-2-1-3-13(8-12)20(21)22/h1-8H,9,15H2. The zero-order valence-corrected chi connectivity index (χ0v) is 11.5. The SMILES string of the molecule is NCc1ccc(-c2nnnn2-c2cccc([N+](=O)[O-])c2)cc1. The highest BCUT2D eigenvalue weighted by atomic mass is 16.6. The second-order valence-corrected chi connectivity index (χ2v) is 4.59. The van der Waals surface area contributed by atoms with Crippen molar-refractivity contribution >= 4 is 5.69 Å². The van der Waals surface area contributed by atoms with Crippen LogP contribution in [-0.4, -0.2) is 25.1 Å². The van der Waals surface area contributed by atoms with E-state index in [1.54, 1.807) is 12.1 Å². The number of rotatable bonds is 4. The molecule has 0 aliphatic rings. The second-order valence-electron chi connectivity index (χ2n) is 4.59. The van der Waals surface area contributed by atoms with Crippen LogP contribution in [0.5, 0.6) is 0 Å². The van der Waals surface area contributed by atoms with Crippen LogP contribution in [0.15, 0.2) is 48.5 Å². The van der Waals surface area contributed by atoms with Crippen molar-refractivity contribution in [3.8, 4) is 17.1 Å². The monoisotopic (exact) mass is 296 g/mol. The van der Waals surface area contributed by atoms with Gasteiger partial charge in [0.2, 0.25) is 0 Å². The molecule has 0 spiro atoms. The van der Waals surface area contributed by atoms with E-state index in [2.05, 4.69) is 15.5 Å². The summed E-state index contributed by atoms with van der Waals surface area (Å²) in [6, 6.07) is 13.7. The summed E-state index contributed by atoms with van der Waals surface area (Å²) in [6.07, 6.45) is 0. The molecule has 8 heteroatoms. The molecule has 0 amide bonds. The molecular weight excluding hydrogens is 284 g/mol. The molecule has 1 heterocycles. The number of hydrogen-bond acceptors (Lipinski definition) is 6. The molecule has 3 aromatic rings. The Bertz CT molecular complexity index is 812. The molecule has 0 aliphatic heterocycles. The Morgan fingerprint density at radius 3 is 2.64 bits per heavy atom. The van der Waals surface area contributed by atoms with Gasteiger partial charge >= 0.3 is 0 Å². The molecule has 3 rings (SSSR count). The van der Waals surface area contributed by atoms with E-state index in [0.717, 1.165) is 11.1 Å². The summed E-state index contributed by atoms with van der Waals surface area (Å²) >= 11 is 0. The molecule has 110 valence electrons. The summed E-state index contributed by atoms with van der Waals surface area (Å²) in [5.41, 5.74) is 7.88. The van der Waals surface area contributed by atoms with E-state index in [9.17, 15) is 10.1 Å². The van der Waals surface area contributed by atoms with Crippen molar-refractivity contribution in [2.24, 2.45) is 5.73 Å². The average molecular weight is 296 g/mol. The Kier molecular flexibility index (Phi) is 3.58. The first-order valence-electron chi connectivity index (χ1n) is 6.51. The summed E-state index contributed by atoms with van der Waals surface area (Å²) in [5.74, 6) is 0.504. The van der Waals surface area contributed by atoms with Crippen molar-refractivity contribution in [2.75, 3.05) is 0 Å². The van der Waals surface area contributed by atoms with Gasteiger partial charge in [0, 0.05) is 24.2 Å². The quantitative estimate of drug-likeness (QED) is 0.579. The molecule has 22 heavy (non-hydrogen) atoms. The van der Waals surface area contributed by atoms with E-state index in [1.165, 1.54) is 16.8 Å². The van der Waals surface area contributed by atoms with Gasteiger partial charge < -0.3 is 5.73 Å². The minimum absolute atomic E-state index is 0.0163. The van der Waals surface area contributed by atoms with Gasteiger partial charge in [-0.25, -0.2) is 0 Å². The van der Waals surface area contributed by atoms with Crippen LogP contribution in [-0.2, 0) is 6.54 Å². The third kappa shape index (κ3) is 2.54. The van der Waals surface area contributed by atoms with Crippen molar-refractivity contribution in [3.63, 3.8) is 0 Å². The maximum Gasteiger partial charge on any atom is 0.271 e. The topological polar surface area (TPSA) is 113 Å². The number of aromatic nitrogens is 4. The number of nitrogens with two attached hydrogens (primary N) is 1. The van der Waals surface area contributed by atoms with E-state index in [1.807, 2.05) is 24.3 Å². The van der Waals surface area contributed by atoms with Gasteiger partial charge in [0.15, 0.2) is 5.82 Å². The lowest BCUT2D eigenvalue weighted by molar-refractivity contribution is -0.384. The molecule has 0 aliphatic carbocycles. The van der Waals surface area contributed by atoms with E-state index >= 15 is 0 Å². The third-order valence-electron chi connectivity index (χ3n) is 3.20. The predicted octanol–water partition coefficient (Wildman–Crippen LogP) is 1.70. The lowest BCUT2D eigenvalue weighted by atomic mass is 10.1. The first kappa shape index (κ1) is 13.8. The number of benzene rings is 2. The summed E-state index contributed by atoms with van der Waals surface area (Å²) in [5, 5.41) is 22.4. The van der Waals surface area contributed by atoms with Gasteiger partial charge in [-0.3, -0.25) is 10.1 Å². The van der Waals surface area contributed by atoms with Crippen LogP contribution in [0.25, 0.3) is 17.1 Å². The Morgan fingerprint density at radius 1 is 1.18 bits per heavy atom. The van der Waals surface area contributed by atoms with Crippen molar-refractivity contribution in [1.29, 1.82) is 0 Å². The van der Waals surface area contributed by atoms with E-state index in [4.69, 9.17) is 5.73 Å². The summed E-state index contributed by atoms with van der Waals surface area (Å²) in [6.45, 7) is 0.454. The molecule has 0 saturated heterocycles. The maximum absolute atomic E-state index is 10.9. The number of non-ortho nitro benzene ring substituents is 1. The van der Waals surface area contributed by atoms with Crippen LogP contribution in [0, 0.1) is 10.1 Å². The second kappa shape index (κ2) is 5.70. The zero-order chi connectivity index (χ0) is 15.5. The summed E-state index contributed by atoms with van der Waals surface area (Å²) in [7, 11) is 0. The molecule has 0 saturated carbocycles. The molecule has 8 nitrogen and oxygen atoms in total. The molecule has 0 unspecified atom stereocenters. The van der Waals surface area contributed by atoms with Crippen LogP contribution in [0.4, 0.5) is 5.69 Å². The molecule has 1 aromatic heterocycles. The Balaban J connectivity index is 2.04. The highest BCUT2D eigenvalue weighted by molar-refractivity contribution is 5.58. The van der Waals surface area contributed by atoms with Crippen molar-refractivity contribution < 1.29 is 4.92 Å². The Morgan fingerprint density at radius 2 is 1.95 bits per heavy atom. The molecule has 0 atom stereocenters. The van der Waals surface area contributed by atoms with Crippen LogP contribution >= 0.6 is 0 Å². The fraction of sp³-hybridized carbons (Fsp3) is 0.0714. The van der Waals surface area contributed by atoms with Crippen LogP contribution < -0.4 is 5.73 Å². The highest BCUT2D eigenvalue weighted by Crippen LogP contribution is 2.22. The largest absolute Gasteiger partial charge is 0.326 e. The van der Waals surface area contributed by atoms with Crippen molar-refractivity contribution in [1.82, 2.24) is 20.2 Å². The van der Waals surface area contributed by atoms with E-state index in [-0.39, 0.29) is 5.69 Å². The molecule has 0 fully saturated rings. The van der Waals surface area contributed by atoms with Gasteiger partial charge in [-0.2, -0.15) is 4.68 Å². The highest BCUT2D eigenvalue weighted by Gasteiger charge is 2.13. The zero-order valence-electron chi connectivity index (χ0n) is 11.5. The number of nitro groups is 1. The molecular formula is C14H12N6O2. The Hall–Kier alpha value is -3.13. The van der Waals surface area contributed by atoms with Gasteiger partial charge in [-0.15, -0.1) is 5.10 Å². The molecule has 2 N–H and O–H groups in total. The summed E-state index contributed by atoms with van der Waals surface area (Å²) < 4.78 is 1.46. The Labute approximate surface area is 125 Å². The molecule has 0 bridgehead atoms. The fourth-order valence-electron chi connectivity index (χ4n) is 2.07. The van der Waals surface area contributed by atoms with Gasteiger partial charge in [-0.05, 0) is 22.1 Å². The lowest BCUT2D eigenvalue weighted by Crippen LogP contribution is -2.01. The number of tetrazole rings is 1. The minimum Gasteiger partial charge on any atom is -0.326 e. The van der Waals surface area contributed by atoms with Crippen LogP contribution in [0.3, 0.4) is 0 Å². The fourth-order valence-corrected chi connectivity index (χ4v) is 2.07. The van der Waals surface area contributed by atoms with E-state index < -0.39 is 4.92 Å². The van der Waals surface area contributed by atoms with Gasteiger partial charge in [0.25, 0.3) is 5.69 Å². The van der Waals surface area contributed by atoms with Gasteiger partial charge in [0.05, 0.1) is 10.6 Å². The molecule has 2 aromatic carbocycles. The van der Waals surface area contributed by atoms with E-state index in [0.29, 0.717) is 18.1 Å². The lowest BCUT2D eigenvalue weighted by Gasteiger charge is -2.05. The number of nitrogens with zero attached hydrogens (tertiary/aromatic N) is 5. The van der Waals surface area contributed by atoms with Crippen molar-refractivity contribution in [3.05, 3.63) is 64.2 Å². The van der Waals surface area contributed by atoms with Crippen LogP contribution in [0.1, 0.15) is 5.56 Å². The maximum atomic E-state index is 10.9. The summed E-state index contributed by atoms with van der Waals surface area (Å²) in [4.78, 5) is 10.4. The third-order valence-corrected chi connectivity index (χ3v) is 3.20. The smallest absolute Gasteiger partial charge is 0.271 e. The average Bonchev–Trinajstić information content (AvgIpc) is 3.04. The normalized spacial score (nSPS) is 10.6. The van der Waals surface area contributed by atoms with Gasteiger partial charge in [-0.1, -0.05) is 30.3 Å². The predicted molar refractivity (Wildman–Crippen MR) is 79.1 cm³/mol.